The monoisotopic (exact) mass is 393 g/mol. The van der Waals surface area contributed by atoms with E-state index in [1.807, 2.05) is 12.1 Å². The second kappa shape index (κ2) is 9.27. The van der Waals surface area contributed by atoms with Crippen molar-refractivity contribution < 1.29 is 14.6 Å². The van der Waals surface area contributed by atoms with Gasteiger partial charge in [-0.2, -0.15) is 0 Å². The number of phenols is 1. The van der Waals surface area contributed by atoms with E-state index in [-0.39, 0.29) is 11.5 Å². The molecule has 0 fully saturated rings. The first kappa shape index (κ1) is 21.1. The van der Waals surface area contributed by atoms with Crippen molar-refractivity contribution in [3.8, 4) is 11.5 Å². The van der Waals surface area contributed by atoms with Crippen molar-refractivity contribution in [1.29, 1.82) is 0 Å². The molecular formula is C25H31NO3. The molecule has 0 saturated heterocycles. The third-order valence-electron chi connectivity index (χ3n) is 5.28. The molecule has 4 nitrogen and oxygen atoms in total. The zero-order valence-electron chi connectivity index (χ0n) is 17.9. The highest BCUT2D eigenvalue weighted by molar-refractivity contribution is 6.15. The molecule has 1 aliphatic rings. The normalized spacial score (nSPS) is 14.7. The number of ketones is 1. The lowest BCUT2D eigenvalue weighted by atomic mass is 10.0. The molecule has 0 amide bonds. The van der Waals surface area contributed by atoms with Gasteiger partial charge in [-0.05, 0) is 61.2 Å². The van der Waals surface area contributed by atoms with Gasteiger partial charge in [0, 0.05) is 6.54 Å². The first-order valence-corrected chi connectivity index (χ1v) is 10.6. The quantitative estimate of drug-likeness (QED) is 0.580. The predicted molar refractivity (Wildman–Crippen MR) is 117 cm³/mol. The molecule has 1 heterocycles. The van der Waals surface area contributed by atoms with Crippen LogP contribution in [0.2, 0.25) is 0 Å². The highest BCUT2D eigenvalue weighted by Crippen LogP contribution is 2.40. The lowest BCUT2D eigenvalue weighted by Gasteiger charge is -2.22. The van der Waals surface area contributed by atoms with Crippen LogP contribution in [0.3, 0.4) is 0 Å². The molecule has 1 N–H and O–H groups in total. The Morgan fingerprint density at radius 2 is 1.69 bits per heavy atom. The summed E-state index contributed by atoms with van der Waals surface area (Å²) in [4.78, 5) is 15.2. The van der Waals surface area contributed by atoms with E-state index < -0.39 is 0 Å². The lowest BCUT2D eigenvalue weighted by molar-refractivity contribution is 0.101. The molecule has 2 aromatic rings. The third kappa shape index (κ3) is 4.70. The summed E-state index contributed by atoms with van der Waals surface area (Å²) in [6.07, 6.45) is 3.85. The van der Waals surface area contributed by atoms with Gasteiger partial charge in [0.2, 0.25) is 5.78 Å². The summed E-state index contributed by atoms with van der Waals surface area (Å²) in [6, 6.07) is 11.4. The molecule has 0 aromatic heterocycles. The first-order chi connectivity index (χ1) is 13.9. The van der Waals surface area contributed by atoms with Crippen molar-refractivity contribution in [3.05, 3.63) is 64.4 Å². The fourth-order valence-corrected chi connectivity index (χ4v) is 3.70. The summed E-state index contributed by atoms with van der Waals surface area (Å²) >= 11 is 0. The number of carbonyl (C=O) groups excluding carboxylic acids is 1. The van der Waals surface area contributed by atoms with Crippen LogP contribution in [-0.2, 0) is 6.54 Å². The number of aromatic hydroxyl groups is 1. The molecule has 0 unspecified atom stereocenters. The van der Waals surface area contributed by atoms with E-state index in [1.54, 1.807) is 18.2 Å². The predicted octanol–water partition coefficient (Wildman–Crippen LogP) is 5.75. The maximum Gasteiger partial charge on any atom is 0.231 e. The highest BCUT2D eigenvalue weighted by atomic mass is 16.5. The average Bonchev–Trinajstić information content (AvgIpc) is 3.00. The number of carbonyl (C=O) groups is 1. The Morgan fingerprint density at radius 1 is 1.03 bits per heavy atom. The van der Waals surface area contributed by atoms with E-state index in [2.05, 4.69) is 44.7 Å². The van der Waals surface area contributed by atoms with Crippen LogP contribution in [0.15, 0.2) is 42.2 Å². The summed E-state index contributed by atoms with van der Waals surface area (Å²) in [5, 5.41) is 10.5. The number of allylic oxidation sites excluding steroid dienone is 1. The minimum Gasteiger partial charge on any atom is -0.507 e. The Morgan fingerprint density at radius 3 is 2.28 bits per heavy atom. The van der Waals surface area contributed by atoms with E-state index in [4.69, 9.17) is 4.74 Å². The summed E-state index contributed by atoms with van der Waals surface area (Å²) in [5.41, 5.74) is 3.40. The zero-order chi connectivity index (χ0) is 21.0. The van der Waals surface area contributed by atoms with E-state index in [0.29, 0.717) is 35.1 Å². The molecule has 3 rings (SSSR count). The average molecular weight is 394 g/mol. The van der Waals surface area contributed by atoms with Gasteiger partial charge in [0.25, 0.3) is 0 Å². The SMILES string of the molecule is CCCN(CCC)Cc1c(O)ccc2c1O/C(=C/c1ccc(C(C)C)cc1)C2=O. The number of rotatable bonds is 8. The Hall–Kier alpha value is -2.59. The second-order valence-corrected chi connectivity index (χ2v) is 7.98. The zero-order valence-corrected chi connectivity index (χ0v) is 17.9. The molecule has 2 aromatic carbocycles. The smallest absolute Gasteiger partial charge is 0.231 e. The van der Waals surface area contributed by atoms with Crippen molar-refractivity contribution in [3.63, 3.8) is 0 Å². The Kier molecular flexibility index (Phi) is 6.75. The van der Waals surface area contributed by atoms with E-state index in [1.165, 1.54) is 5.56 Å². The Bertz CT molecular complexity index is 891. The maximum atomic E-state index is 12.9. The minimum atomic E-state index is -0.133. The summed E-state index contributed by atoms with van der Waals surface area (Å²) in [6.45, 7) is 11.0. The molecule has 0 saturated carbocycles. The standard InChI is InChI=1S/C25H31NO3/c1-5-13-26(14-6-2)16-21-22(27)12-11-20-24(28)23(29-25(20)21)15-18-7-9-19(10-8-18)17(3)4/h7-12,15,17,27H,5-6,13-14,16H2,1-4H3/b23-15+. The van der Waals surface area contributed by atoms with Crippen molar-refractivity contribution in [2.75, 3.05) is 13.1 Å². The maximum absolute atomic E-state index is 12.9. The third-order valence-corrected chi connectivity index (χ3v) is 5.28. The molecule has 0 atom stereocenters. The Balaban J connectivity index is 1.89. The number of ether oxygens (including phenoxy) is 1. The van der Waals surface area contributed by atoms with Crippen LogP contribution >= 0.6 is 0 Å². The molecule has 1 aliphatic heterocycles. The van der Waals surface area contributed by atoms with Gasteiger partial charge in [-0.25, -0.2) is 0 Å². The number of nitrogens with zero attached hydrogens (tertiary/aromatic N) is 1. The molecule has 154 valence electrons. The molecule has 0 aliphatic carbocycles. The molecule has 0 radical (unpaired) electrons. The number of hydrogen-bond acceptors (Lipinski definition) is 4. The van der Waals surface area contributed by atoms with Crippen LogP contribution in [0.5, 0.6) is 11.5 Å². The fraction of sp³-hybridized carbons (Fsp3) is 0.400. The van der Waals surface area contributed by atoms with Crippen LogP contribution in [0.25, 0.3) is 6.08 Å². The summed E-state index contributed by atoms with van der Waals surface area (Å²) in [7, 11) is 0. The number of benzene rings is 2. The van der Waals surface area contributed by atoms with Crippen molar-refractivity contribution in [1.82, 2.24) is 4.90 Å². The fourth-order valence-electron chi connectivity index (χ4n) is 3.70. The van der Waals surface area contributed by atoms with Crippen LogP contribution < -0.4 is 4.74 Å². The van der Waals surface area contributed by atoms with Gasteiger partial charge in [0.1, 0.15) is 11.5 Å². The van der Waals surface area contributed by atoms with Crippen LogP contribution in [0.1, 0.15) is 73.5 Å². The van der Waals surface area contributed by atoms with Crippen LogP contribution in [0.4, 0.5) is 0 Å². The lowest BCUT2D eigenvalue weighted by Crippen LogP contribution is -2.25. The van der Waals surface area contributed by atoms with Gasteiger partial charge in [0.05, 0.1) is 11.1 Å². The van der Waals surface area contributed by atoms with Crippen molar-refractivity contribution in [2.24, 2.45) is 0 Å². The van der Waals surface area contributed by atoms with Gasteiger partial charge in [-0.15, -0.1) is 0 Å². The largest absolute Gasteiger partial charge is 0.507 e. The number of Topliss-reactive ketones (excluding diaryl/α,β-unsaturated/α-hetero) is 1. The van der Waals surface area contributed by atoms with Gasteiger partial charge in [-0.3, -0.25) is 9.69 Å². The summed E-state index contributed by atoms with van der Waals surface area (Å²) in [5.74, 6) is 1.31. The van der Waals surface area contributed by atoms with Gasteiger partial charge >= 0.3 is 0 Å². The highest BCUT2D eigenvalue weighted by Gasteiger charge is 2.31. The van der Waals surface area contributed by atoms with Crippen LogP contribution in [-0.4, -0.2) is 28.9 Å². The van der Waals surface area contributed by atoms with Crippen LogP contribution in [0, 0.1) is 0 Å². The Labute approximate surface area is 173 Å². The number of phenolic OH excluding ortho intramolecular Hbond substituents is 1. The first-order valence-electron chi connectivity index (χ1n) is 10.6. The molecule has 29 heavy (non-hydrogen) atoms. The topological polar surface area (TPSA) is 49.8 Å². The van der Waals surface area contributed by atoms with Gasteiger partial charge < -0.3 is 9.84 Å². The van der Waals surface area contributed by atoms with Gasteiger partial charge in [0.15, 0.2) is 5.76 Å². The van der Waals surface area contributed by atoms with E-state index in [0.717, 1.165) is 31.5 Å². The number of hydrogen-bond donors (Lipinski definition) is 1. The van der Waals surface area contributed by atoms with E-state index >= 15 is 0 Å². The summed E-state index contributed by atoms with van der Waals surface area (Å²) < 4.78 is 5.99. The van der Waals surface area contributed by atoms with Crippen molar-refractivity contribution >= 4 is 11.9 Å². The number of fused-ring (bicyclic) bond motifs is 1. The minimum absolute atomic E-state index is 0.133. The second-order valence-electron chi connectivity index (χ2n) is 7.98. The van der Waals surface area contributed by atoms with Gasteiger partial charge in [-0.1, -0.05) is 52.0 Å². The molecule has 4 heteroatoms. The molecule has 0 spiro atoms. The molecule has 0 bridgehead atoms. The molecular weight excluding hydrogens is 362 g/mol. The van der Waals surface area contributed by atoms with E-state index in [9.17, 15) is 9.90 Å². The van der Waals surface area contributed by atoms with Crippen molar-refractivity contribution in [2.45, 2.75) is 53.0 Å².